The van der Waals surface area contributed by atoms with Gasteiger partial charge in [-0.25, -0.2) is 0 Å². The standard InChI is InChI=1S/C37H49N7O3/c45-31(24-42-21-11-29(12-22-42)43-19-2-1-3-20-43)44(30-6-4-5-28(23-30)34-38-32(40-46-34)26-7-8-26)25-36-13-16-37(17-14-36,18-15-36)35-39-33(41-47-35)27-9-10-27/h4-6,23,26-27,29H,1-3,7-22,24-25H2. The van der Waals surface area contributed by atoms with Gasteiger partial charge in [-0.15, -0.1) is 0 Å². The first-order valence-electron chi connectivity index (χ1n) is 18.6. The first-order valence-corrected chi connectivity index (χ1v) is 18.6. The molecule has 7 aliphatic rings. The van der Waals surface area contributed by atoms with Crippen LogP contribution in [-0.4, -0.2) is 81.3 Å². The van der Waals surface area contributed by atoms with E-state index in [1.54, 1.807) is 0 Å². The van der Waals surface area contributed by atoms with Crippen molar-refractivity contribution in [1.82, 2.24) is 30.1 Å². The highest BCUT2D eigenvalue weighted by Crippen LogP contribution is 2.58. The fraction of sp³-hybridized carbons (Fsp3) is 0.703. The van der Waals surface area contributed by atoms with Crippen LogP contribution in [-0.2, 0) is 10.2 Å². The Morgan fingerprint density at radius 3 is 2.19 bits per heavy atom. The summed E-state index contributed by atoms with van der Waals surface area (Å²) in [7, 11) is 0. The summed E-state index contributed by atoms with van der Waals surface area (Å²) in [6.45, 7) is 5.68. The van der Waals surface area contributed by atoms with Crippen molar-refractivity contribution in [1.29, 1.82) is 0 Å². The second kappa shape index (κ2) is 12.1. The van der Waals surface area contributed by atoms with Gasteiger partial charge in [0.15, 0.2) is 11.6 Å². The second-order valence-electron chi connectivity index (χ2n) is 15.9. The molecule has 1 amide bonds. The molecule has 7 fully saturated rings. The number of benzene rings is 1. The van der Waals surface area contributed by atoms with Crippen molar-refractivity contribution >= 4 is 11.6 Å². The van der Waals surface area contributed by atoms with Gasteiger partial charge in [-0.05, 0) is 127 Å². The van der Waals surface area contributed by atoms with Crippen LogP contribution in [0.3, 0.4) is 0 Å². The molecule has 4 heterocycles. The Hall–Kier alpha value is -3.11. The van der Waals surface area contributed by atoms with E-state index in [1.165, 1.54) is 45.2 Å². The molecule has 0 N–H and O–H groups in total. The van der Waals surface area contributed by atoms with Crippen LogP contribution < -0.4 is 4.90 Å². The van der Waals surface area contributed by atoms with E-state index >= 15 is 0 Å². The molecule has 1 aromatic carbocycles. The number of aromatic nitrogens is 4. The van der Waals surface area contributed by atoms with Gasteiger partial charge in [0, 0.05) is 54.2 Å². The third kappa shape index (κ3) is 6.05. The number of carbonyl (C=O) groups is 1. The summed E-state index contributed by atoms with van der Waals surface area (Å²) in [6, 6.07) is 8.91. The van der Waals surface area contributed by atoms with Gasteiger partial charge in [0.25, 0.3) is 5.89 Å². The lowest BCUT2D eigenvalue weighted by molar-refractivity contribution is -0.121. The third-order valence-corrected chi connectivity index (χ3v) is 12.6. The maximum Gasteiger partial charge on any atom is 0.258 e. The topological polar surface area (TPSA) is 105 Å². The van der Waals surface area contributed by atoms with E-state index in [-0.39, 0.29) is 16.7 Å². The molecule has 2 aliphatic heterocycles. The molecule has 10 nitrogen and oxygen atoms in total. The lowest BCUT2D eigenvalue weighted by Gasteiger charge is -2.53. The van der Waals surface area contributed by atoms with Crippen molar-refractivity contribution < 1.29 is 13.8 Å². The van der Waals surface area contributed by atoms with Crippen molar-refractivity contribution in [2.24, 2.45) is 5.41 Å². The number of hydrogen-bond donors (Lipinski definition) is 0. The Morgan fingerprint density at radius 1 is 0.809 bits per heavy atom. The second-order valence-corrected chi connectivity index (χ2v) is 15.9. The van der Waals surface area contributed by atoms with Crippen molar-refractivity contribution in [3.63, 3.8) is 0 Å². The normalized spacial score (nSPS) is 28.9. The summed E-state index contributed by atoms with van der Waals surface area (Å²) in [5.74, 6) is 4.28. The average Bonchev–Trinajstić information content (AvgIpc) is 4.06. The summed E-state index contributed by atoms with van der Waals surface area (Å²) in [5, 5.41) is 8.62. The van der Waals surface area contributed by atoms with Crippen molar-refractivity contribution in [2.45, 2.75) is 120 Å². The van der Waals surface area contributed by atoms with Crippen LogP contribution in [0.4, 0.5) is 5.69 Å². The summed E-state index contributed by atoms with van der Waals surface area (Å²) in [5.41, 5.74) is 1.92. The predicted molar refractivity (Wildman–Crippen MR) is 177 cm³/mol. The molecule has 5 aliphatic carbocycles. The van der Waals surface area contributed by atoms with Crippen molar-refractivity contribution in [3.05, 3.63) is 41.8 Å². The average molecular weight is 640 g/mol. The van der Waals surface area contributed by atoms with Gasteiger partial charge < -0.3 is 18.8 Å². The molecule has 0 radical (unpaired) electrons. The lowest BCUT2D eigenvalue weighted by atomic mass is 9.53. The van der Waals surface area contributed by atoms with Gasteiger partial charge in [0.2, 0.25) is 11.8 Å². The number of likely N-dealkylation sites (tertiary alicyclic amines) is 2. The highest BCUT2D eigenvalue weighted by molar-refractivity contribution is 5.95. The Morgan fingerprint density at radius 2 is 1.49 bits per heavy atom. The molecular formula is C37H49N7O3. The monoisotopic (exact) mass is 639 g/mol. The zero-order valence-electron chi connectivity index (χ0n) is 27.7. The smallest absolute Gasteiger partial charge is 0.258 e. The van der Waals surface area contributed by atoms with E-state index in [2.05, 4.69) is 37.1 Å². The van der Waals surface area contributed by atoms with Gasteiger partial charge in [0.05, 0.1) is 6.54 Å². The first kappa shape index (κ1) is 30.0. The summed E-state index contributed by atoms with van der Waals surface area (Å²) >= 11 is 0. The number of rotatable bonds is 10. The molecule has 2 saturated heterocycles. The van der Waals surface area contributed by atoms with Crippen LogP contribution in [0.15, 0.2) is 33.3 Å². The van der Waals surface area contributed by atoms with Gasteiger partial charge in [-0.2, -0.15) is 9.97 Å². The molecule has 47 heavy (non-hydrogen) atoms. The van der Waals surface area contributed by atoms with Gasteiger partial charge >= 0.3 is 0 Å². The lowest BCUT2D eigenvalue weighted by Crippen LogP contribution is -2.53. The van der Waals surface area contributed by atoms with Crippen molar-refractivity contribution in [3.8, 4) is 11.5 Å². The fourth-order valence-electron chi connectivity index (χ4n) is 9.11. The minimum absolute atomic E-state index is 0.00651. The third-order valence-electron chi connectivity index (χ3n) is 12.6. The van der Waals surface area contributed by atoms with E-state index in [9.17, 15) is 4.79 Å². The van der Waals surface area contributed by atoms with E-state index in [0.717, 1.165) is 113 Å². The van der Waals surface area contributed by atoms with Gasteiger partial charge in [-0.1, -0.05) is 22.8 Å². The van der Waals surface area contributed by atoms with Gasteiger partial charge in [-0.3, -0.25) is 9.69 Å². The minimum atomic E-state index is 0.00651. The van der Waals surface area contributed by atoms with Crippen LogP contribution in [0.1, 0.15) is 126 Å². The molecule has 10 rings (SSSR count). The number of nitrogens with zero attached hydrogens (tertiary/aromatic N) is 7. The van der Waals surface area contributed by atoms with E-state index in [0.29, 0.717) is 30.3 Å². The SMILES string of the molecule is O=C(CN1CCC(N2CCCCC2)CC1)N(CC12CCC(c3nc(C4CC4)no3)(CC1)CC2)c1cccc(-c2nc(C3CC3)no2)c1. The Kier molecular flexibility index (Phi) is 7.72. The molecule has 2 aromatic heterocycles. The highest BCUT2D eigenvalue weighted by Gasteiger charge is 2.53. The van der Waals surface area contributed by atoms with Crippen molar-refractivity contribution in [2.75, 3.05) is 44.2 Å². The molecule has 3 aromatic rings. The molecule has 2 bridgehead atoms. The van der Waals surface area contributed by atoms with E-state index in [1.807, 2.05) is 12.1 Å². The molecular weight excluding hydrogens is 590 g/mol. The summed E-state index contributed by atoms with van der Waals surface area (Å²) in [4.78, 5) is 31.3. The van der Waals surface area contributed by atoms with Crippen LogP contribution in [0.25, 0.3) is 11.5 Å². The maximum atomic E-state index is 14.4. The summed E-state index contributed by atoms with van der Waals surface area (Å²) in [6.07, 6.45) is 17.4. The van der Waals surface area contributed by atoms with Crippen LogP contribution >= 0.6 is 0 Å². The number of piperidine rings is 2. The zero-order valence-corrected chi connectivity index (χ0v) is 27.7. The van der Waals surface area contributed by atoms with E-state index < -0.39 is 0 Å². The Bertz CT molecular complexity index is 1550. The maximum absolute atomic E-state index is 14.4. The predicted octanol–water partition coefficient (Wildman–Crippen LogP) is 6.45. The number of fused-ring (bicyclic) bond motifs is 3. The van der Waals surface area contributed by atoms with Crippen LogP contribution in [0, 0.1) is 5.41 Å². The zero-order chi connectivity index (χ0) is 31.4. The Balaban J connectivity index is 0.928. The molecule has 10 heteroatoms. The molecule has 5 saturated carbocycles. The van der Waals surface area contributed by atoms with Crippen LogP contribution in [0.2, 0.25) is 0 Å². The molecule has 0 spiro atoms. The summed E-state index contributed by atoms with van der Waals surface area (Å²) < 4.78 is 11.6. The van der Waals surface area contributed by atoms with Crippen LogP contribution in [0.5, 0.6) is 0 Å². The van der Waals surface area contributed by atoms with E-state index in [4.69, 9.17) is 19.0 Å². The largest absolute Gasteiger partial charge is 0.339 e. The number of amides is 1. The first-order chi connectivity index (χ1) is 23.0. The highest BCUT2D eigenvalue weighted by atomic mass is 16.5. The number of anilines is 1. The quantitative estimate of drug-likeness (QED) is 0.248. The molecule has 0 unspecified atom stereocenters. The van der Waals surface area contributed by atoms with Gasteiger partial charge in [0.1, 0.15) is 0 Å². The number of carbonyl (C=O) groups excluding carboxylic acids is 1. The fourth-order valence-corrected chi connectivity index (χ4v) is 9.11. The minimum Gasteiger partial charge on any atom is -0.339 e. The molecule has 0 atom stereocenters. The number of hydrogen-bond acceptors (Lipinski definition) is 9. The Labute approximate surface area is 277 Å². The molecule has 250 valence electrons.